The molecule has 0 amide bonds. The van der Waals surface area contributed by atoms with Crippen molar-refractivity contribution >= 4 is 17.0 Å². The molecule has 1 aromatic carbocycles. The molecule has 1 atom stereocenters. The van der Waals surface area contributed by atoms with Crippen LogP contribution in [0.3, 0.4) is 0 Å². The van der Waals surface area contributed by atoms with E-state index in [1.807, 2.05) is 11.3 Å². The average molecular weight is 286 g/mol. The third-order valence-corrected chi connectivity index (χ3v) is 4.84. The largest absolute Gasteiger partial charge is 0.371 e. The minimum Gasteiger partial charge on any atom is -0.371 e. The van der Waals surface area contributed by atoms with Crippen LogP contribution in [0.4, 0.5) is 5.69 Å². The van der Waals surface area contributed by atoms with Crippen LogP contribution in [0, 0.1) is 5.92 Å². The van der Waals surface area contributed by atoms with E-state index in [0.29, 0.717) is 0 Å². The van der Waals surface area contributed by atoms with Crippen molar-refractivity contribution < 1.29 is 0 Å². The van der Waals surface area contributed by atoms with E-state index in [2.05, 4.69) is 64.7 Å². The Morgan fingerprint density at radius 1 is 1.20 bits per heavy atom. The molecule has 3 heteroatoms. The van der Waals surface area contributed by atoms with Gasteiger partial charge in [-0.25, -0.2) is 0 Å². The van der Waals surface area contributed by atoms with Crippen LogP contribution in [0.15, 0.2) is 47.8 Å². The van der Waals surface area contributed by atoms with Crippen LogP contribution >= 0.6 is 11.3 Å². The highest BCUT2D eigenvalue weighted by atomic mass is 32.1. The van der Waals surface area contributed by atoms with Gasteiger partial charge in [0.05, 0.1) is 0 Å². The Kier molecular flexibility index (Phi) is 4.38. The highest BCUT2D eigenvalue weighted by molar-refractivity contribution is 7.09. The second kappa shape index (κ2) is 6.42. The number of thiophene rings is 1. The number of anilines is 1. The van der Waals surface area contributed by atoms with E-state index in [0.717, 1.165) is 12.5 Å². The lowest BCUT2D eigenvalue weighted by atomic mass is 10.1. The van der Waals surface area contributed by atoms with E-state index < -0.39 is 0 Å². The van der Waals surface area contributed by atoms with E-state index in [-0.39, 0.29) is 0 Å². The summed E-state index contributed by atoms with van der Waals surface area (Å²) >= 11 is 1.85. The molecule has 0 bridgehead atoms. The van der Waals surface area contributed by atoms with Gasteiger partial charge in [0.25, 0.3) is 0 Å². The predicted octanol–water partition coefficient (Wildman–Crippen LogP) is 3.71. The van der Waals surface area contributed by atoms with E-state index in [1.165, 1.54) is 36.6 Å². The number of benzene rings is 1. The Morgan fingerprint density at radius 2 is 2.05 bits per heavy atom. The fourth-order valence-electron chi connectivity index (χ4n) is 3.03. The van der Waals surface area contributed by atoms with Gasteiger partial charge in [0.1, 0.15) is 0 Å². The third-order valence-electron chi connectivity index (χ3n) is 3.98. The molecule has 0 spiro atoms. The molecule has 1 aliphatic heterocycles. The summed E-state index contributed by atoms with van der Waals surface area (Å²) in [4.78, 5) is 6.44. The van der Waals surface area contributed by atoms with Crippen molar-refractivity contribution in [3.05, 3.63) is 52.7 Å². The molecule has 0 aliphatic carbocycles. The summed E-state index contributed by atoms with van der Waals surface area (Å²) in [5.41, 5.74) is 1.37. The van der Waals surface area contributed by atoms with E-state index >= 15 is 0 Å². The zero-order valence-corrected chi connectivity index (χ0v) is 12.9. The predicted molar refractivity (Wildman–Crippen MR) is 87.4 cm³/mol. The van der Waals surface area contributed by atoms with Gasteiger partial charge in [-0.15, -0.1) is 11.3 Å². The van der Waals surface area contributed by atoms with Crippen molar-refractivity contribution in [3.8, 4) is 0 Å². The monoisotopic (exact) mass is 286 g/mol. The van der Waals surface area contributed by atoms with Gasteiger partial charge in [-0.1, -0.05) is 24.3 Å². The summed E-state index contributed by atoms with van der Waals surface area (Å²) in [7, 11) is 2.24. The van der Waals surface area contributed by atoms with Crippen LogP contribution in [-0.2, 0) is 6.54 Å². The summed E-state index contributed by atoms with van der Waals surface area (Å²) in [6.45, 7) is 4.67. The summed E-state index contributed by atoms with van der Waals surface area (Å²) in [6.07, 6.45) is 1.31. The molecule has 2 aromatic rings. The quantitative estimate of drug-likeness (QED) is 0.827. The molecule has 1 aromatic heterocycles. The molecule has 1 aliphatic rings. The molecule has 1 saturated heterocycles. The Bertz CT molecular complexity index is 509. The zero-order chi connectivity index (χ0) is 13.8. The lowest BCUT2D eigenvalue weighted by molar-refractivity contribution is 0.281. The van der Waals surface area contributed by atoms with E-state index in [4.69, 9.17) is 0 Å². The van der Waals surface area contributed by atoms with E-state index in [9.17, 15) is 0 Å². The van der Waals surface area contributed by atoms with E-state index in [1.54, 1.807) is 0 Å². The van der Waals surface area contributed by atoms with Crippen LogP contribution in [0.5, 0.6) is 0 Å². The zero-order valence-electron chi connectivity index (χ0n) is 12.0. The topological polar surface area (TPSA) is 6.48 Å². The molecule has 2 nitrogen and oxygen atoms in total. The molecule has 1 unspecified atom stereocenters. The number of nitrogens with zero attached hydrogens (tertiary/aromatic N) is 2. The van der Waals surface area contributed by atoms with Crippen LogP contribution in [0.1, 0.15) is 11.3 Å². The van der Waals surface area contributed by atoms with Gasteiger partial charge in [0.15, 0.2) is 0 Å². The summed E-state index contributed by atoms with van der Waals surface area (Å²) in [6, 6.07) is 15.2. The average Bonchev–Trinajstić information content (AvgIpc) is 3.11. The molecule has 0 N–H and O–H groups in total. The molecule has 3 rings (SSSR count). The Labute approximate surface area is 125 Å². The van der Waals surface area contributed by atoms with Gasteiger partial charge in [-0.2, -0.15) is 0 Å². The number of rotatable bonds is 5. The second-order valence-electron chi connectivity index (χ2n) is 5.71. The standard InChI is InChI=1S/C17H22N2S/c1-18(14-17-8-5-11-20-17)12-15-9-10-19(13-15)16-6-3-2-4-7-16/h2-8,11,15H,9-10,12-14H2,1H3. The lowest BCUT2D eigenvalue weighted by Crippen LogP contribution is -2.27. The molecule has 0 radical (unpaired) electrons. The van der Waals surface area contributed by atoms with Crippen LogP contribution in [0.2, 0.25) is 0 Å². The smallest absolute Gasteiger partial charge is 0.0366 e. The molecular weight excluding hydrogens is 264 g/mol. The Morgan fingerprint density at radius 3 is 2.80 bits per heavy atom. The van der Waals surface area contributed by atoms with Gasteiger partial charge >= 0.3 is 0 Å². The van der Waals surface area contributed by atoms with Crippen LogP contribution in [0.25, 0.3) is 0 Å². The Balaban J connectivity index is 1.50. The Hall–Kier alpha value is -1.32. The first kappa shape index (κ1) is 13.7. The molecule has 0 saturated carbocycles. The van der Waals surface area contributed by atoms with Crippen molar-refractivity contribution in [3.63, 3.8) is 0 Å². The molecule has 2 heterocycles. The normalized spacial score (nSPS) is 18.9. The SMILES string of the molecule is CN(Cc1cccs1)CC1CCN(c2ccccc2)C1. The fraction of sp³-hybridized carbons (Fsp3) is 0.412. The van der Waals surface area contributed by atoms with Gasteiger partial charge in [-0.05, 0) is 43.0 Å². The van der Waals surface area contributed by atoms with Gasteiger partial charge in [-0.3, -0.25) is 0 Å². The summed E-state index contributed by atoms with van der Waals surface area (Å²) in [5.74, 6) is 0.792. The maximum atomic E-state index is 2.52. The molecule has 20 heavy (non-hydrogen) atoms. The first-order valence-corrected chi connectivity index (χ1v) is 8.20. The summed E-state index contributed by atoms with van der Waals surface area (Å²) in [5, 5.41) is 2.16. The van der Waals surface area contributed by atoms with Crippen molar-refractivity contribution in [2.75, 3.05) is 31.6 Å². The van der Waals surface area contributed by atoms with Crippen molar-refractivity contribution in [1.82, 2.24) is 4.90 Å². The molecule has 1 fully saturated rings. The first-order chi connectivity index (χ1) is 9.81. The van der Waals surface area contributed by atoms with Crippen LogP contribution in [-0.4, -0.2) is 31.6 Å². The first-order valence-electron chi connectivity index (χ1n) is 7.32. The number of para-hydroxylation sites is 1. The number of hydrogen-bond donors (Lipinski definition) is 0. The highest BCUT2D eigenvalue weighted by Gasteiger charge is 2.23. The minimum atomic E-state index is 0.792. The fourth-order valence-corrected chi connectivity index (χ4v) is 3.81. The maximum absolute atomic E-state index is 2.52. The van der Waals surface area contributed by atoms with Gasteiger partial charge in [0.2, 0.25) is 0 Å². The third kappa shape index (κ3) is 3.41. The van der Waals surface area contributed by atoms with Crippen molar-refractivity contribution in [1.29, 1.82) is 0 Å². The summed E-state index contributed by atoms with van der Waals surface area (Å²) < 4.78 is 0. The second-order valence-corrected chi connectivity index (χ2v) is 6.74. The highest BCUT2D eigenvalue weighted by Crippen LogP contribution is 2.24. The van der Waals surface area contributed by atoms with Gasteiger partial charge in [0, 0.05) is 36.7 Å². The van der Waals surface area contributed by atoms with Crippen molar-refractivity contribution in [2.24, 2.45) is 5.92 Å². The van der Waals surface area contributed by atoms with Crippen LogP contribution < -0.4 is 4.90 Å². The molecule has 106 valence electrons. The minimum absolute atomic E-state index is 0.792. The maximum Gasteiger partial charge on any atom is 0.0366 e. The number of hydrogen-bond acceptors (Lipinski definition) is 3. The van der Waals surface area contributed by atoms with Gasteiger partial charge < -0.3 is 9.80 Å². The van der Waals surface area contributed by atoms with Crippen molar-refractivity contribution in [2.45, 2.75) is 13.0 Å². The molecular formula is C17H22N2S. The lowest BCUT2D eigenvalue weighted by Gasteiger charge is -2.22.